The number of nitrogens with one attached hydrogen (secondary N) is 2. The molecule has 5 heteroatoms. The second kappa shape index (κ2) is 7.57. The van der Waals surface area contributed by atoms with E-state index in [0.717, 1.165) is 11.5 Å². The number of rotatable bonds is 6. The maximum Gasteiger partial charge on any atom is 0.229 e. The summed E-state index contributed by atoms with van der Waals surface area (Å²) in [7, 11) is 0. The van der Waals surface area contributed by atoms with Gasteiger partial charge in [0, 0.05) is 24.0 Å². The minimum atomic E-state index is 0.0261. The Hall–Kier alpha value is -3.21. The van der Waals surface area contributed by atoms with Gasteiger partial charge < -0.3 is 10.6 Å². The number of carbonyl (C=O) groups is 1. The zero-order valence-corrected chi connectivity index (χ0v) is 14.3. The SMILES string of the molecule is CC(=O)c1cccc(Nc2nccc(NCc3cccc(C)c3)n2)c1. The summed E-state index contributed by atoms with van der Waals surface area (Å²) in [6, 6.07) is 17.4. The van der Waals surface area contributed by atoms with Gasteiger partial charge in [-0.25, -0.2) is 4.98 Å². The van der Waals surface area contributed by atoms with Crippen molar-refractivity contribution in [3.05, 3.63) is 77.5 Å². The summed E-state index contributed by atoms with van der Waals surface area (Å²) < 4.78 is 0. The fraction of sp³-hybridized carbons (Fsp3) is 0.150. The van der Waals surface area contributed by atoms with E-state index in [2.05, 4.69) is 45.7 Å². The van der Waals surface area contributed by atoms with E-state index in [1.165, 1.54) is 11.1 Å². The standard InChI is InChI=1S/C20H20N4O/c1-14-5-3-6-16(11-14)13-22-19-9-10-21-20(24-19)23-18-8-4-7-17(12-18)15(2)25/h3-12H,13H2,1-2H3,(H2,21,22,23,24). The lowest BCUT2D eigenvalue weighted by Crippen LogP contribution is -2.04. The summed E-state index contributed by atoms with van der Waals surface area (Å²) in [5.74, 6) is 1.25. The van der Waals surface area contributed by atoms with Gasteiger partial charge in [-0.1, -0.05) is 42.0 Å². The van der Waals surface area contributed by atoms with Gasteiger partial charge in [0.25, 0.3) is 0 Å². The van der Waals surface area contributed by atoms with Crippen molar-refractivity contribution < 1.29 is 4.79 Å². The van der Waals surface area contributed by atoms with Gasteiger partial charge in [0.1, 0.15) is 5.82 Å². The first-order valence-electron chi connectivity index (χ1n) is 8.10. The van der Waals surface area contributed by atoms with E-state index >= 15 is 0 Å². The van der Waals surface area contributed by atoms with Crippen LogP contribution in [0.4, 0.5) is 17.5 Å². The Kier molecular flexibility index (Phi) is 5.04. The van der Waals surface area contributed by atoms with E-state index in [1.807, 2.05) is 24.3 Å². The molecule has 2 N–H and O–H groups in total. The van der Waals surface area contributed by atoms with Crippen LogP contribution < -0.4 is 10.6 Å². The number of hydrogen-bond acceptors (Lipinski definition) is 5. The number of nitrogens with zero attached hydrogens (tertiary/aromatic N) is 2. The second-order valence-corrected chi connectivity index (χ2v) is 5.87. The summed E-state index contributed by atoms with van der Waals surface area (Å²) in [6.07, 6.45) is 1.70. The number of hydrogen-bond donors (Lipinski definition) is 2. The summed E-state index contributed by atoms with van der Waals surface area (Å²) in [6.45, 7) is 4.31. The number of aryl methyl sites for hydroxylation is 1. The summed E-state index contributed by atoms with van der Waals surface area (Å²) in [5, 5.41) is 6.43. The van der Waals surface area contributed by atoms with Crippen LogP contribution in [0.1, 0.15) is 28.4 Å². The van der Waals surface area contributed by atoms with E-state index in [1.54, 1.807) is 25.3 Å². The summed E-state index contributed by atoms with van der Waals surface area (Å²) >= 11 is 0. The number of anilines is 3. The third-order valence-electron chi connectivity index (χ3n) is 3.74. The lowest BCUT2D eigenvalue weighted by Gasteiger charge is -2.09. The van der Waals surface area contributed by atoms with Crippen molar-refractivity contribution in [2.24, 2.45) is 0 Å². The van der Waals surface area contributed by atoms with Crippen molar-refractivity contribution in [3.8, 4) is 0 Å². The quantitative estimate of drug-likeness (QED) is 0.657. The van der Waals surface area contributed by atoms with Crippen LogP contribution in [0, 0.1) is 6.92 Å². The minimum absolute atomic E-state index is 0.0261. The highest BCUT2D eigenvalue weighted by Gasteiger charge is 2.03. The average Bonchev–Trinajstić information content (AvgIpc) is 2.61. The average molecular weight is 332 g/mol. The molecule has 0 spiro atoms. The molecule has 1 heterocycles. The molecule has 0 fully saturated rings. The first kappa shape index (κ1) is 16.6. The molecule has 0 saturated heterocycles. The molecular weight excluding hydrogens is 312 g/mol. The largest absolute Gasteiger partial charge is 0.366 e. The molecule has 0 unspecified atom stereocenters. The summed E-state index contributed by atoms with van der Waals surface area (Å²) in [5.41, 5.74) is 3.86. The van der Waals surface area contributed by atoms with E-state index in [4.69, 9.17) is 0 Å². The lowest BCUT2D eigenvalue weighted by atomic mass is 10.1. The highest BCUT2D eigenvalue weighted by molar-refractivity contribution is 5.95. The number of aromatic nitrogens is 2. The molecule has 3 aromatic rings. The Morgan fingerprint density at radius 3 is 2.72 bits per heavy atom. The van der Waals surface area contributed by atoms with Crippen molar-refractivity contribution in [2.75, 3.05) is 10.6 Å². The van der Waals surface area contributed by atoms with Gasteiger partial charge in [0.05, 0.1) is 0 Å². The lowest BCUT2D eigenvalue weighted by molar-refractivity contribution is 0.101. The molecule has 0 amide bonds. The fourth-order valence-electron chi connectivity index (χ4n) is 2.48. The monoisotopic (exact) mass is 332 g/mol. The Bertz CT molecular complexity index is 892. The van der Waals surface area contributed by atoms with Crippen molar-refractivity contribution >= 4 is 23.2 Å². The number of Topliss-reactive ketones (excluding diaryl/α,β-unsaturated/α-hetero) is 1. The van der Waals surface area contributed by atoms with Crippen LogP contribution in [-0.2, 0) is 6.54 Å². The Morgan fingerprint density at radius 1 is 1.08 bits per heavy atom. The van der Waals surface area contributed by atoms with Crippen molar-refractivity contribution in [3.63, 3.8) is 0 Å². The number of carbonyl (C=O) groups excluding carboxylic acids is 1. The van der Waals surface area contributed by atoms with Crippen molar-refractivity contribution in [2.45, 2.75) is 20.4 Å². The molecule has 1 aromatic heterocycles. The zero-order valence-electron chi connectivity index (χ0n) is 14.3. The van der Waals surface area contributed by atoms with E-state index < -0.39 is 0 Å². The maximum atomic E-state index is 11.5. The van der Waals surface area contributed by atoms with Gasteiger partial charge in [-0.3, -0.25) is 4.79 Å². The topological polar surface area (TPSA) is 66.9 Å². The number of ketones is 1. The predicted molar refractivity (Wildman–Crippen MR) is 100 cm³/mol. The van der Waals surface area contributed by atoms with Gasteiger partial charge in [0.15, 0.2) is 5.78 Å². The Balaban J connectivity index is 1.69. The Morgan fingerprint density at radius 2 is 1.92 bits per heavy atom. The third kappa shape index (κ3) is 4.64. The van der Waals surface area contributed by atoms with Gasteiger partial charge in [-0.05, 0) is 37.6 Å². The van der Waals surface area contributed by atoms with Gasteiger partial charge in [-0.15, -0.1) is 0 Å². The molecule has 2 aromatic carbocycles. The molecule has 25 heavy (non-hydrogen) atoms. The van der Waals surface area contributed by atoms with Gasteiger partial charge in [-0.2, -0.15) is 4.98 Å². The first-order chi connectivity index (χ1) is 12.1. The zero-order chi connectivity index (χ0) is 17.6. The smallest absolute Gasteiger partial charge is 0.229 e. The van der Waals surface area contributed by atoms with E-state index in [0.29, 0.717) is 18.1 Å². The van der Waals surface area contributed by atoms with Crippen LogP contribution in [0.25, 0.3) is 0 Å². The summed E-state index contributed by atoms with van der Waals surface area (Å²) in [4.78, 5) is 20.2. The minimum Gasteiger partial charge on any atom is -0.366 e. The molecule has 0 saturated carbocycles. The third-order valence-corrected chi connectivity index (χ3v) is 3.74. The number of benzene rings is 2. The van der Waals surface area contributed by atoms with Gasteiger partial charge in [0.2, 0.25) is 5.95 Å². The molecule has 0 radical (unpaired) electrons. The molecule has 0 aliphatic heterocycles. The second-order valence-electron chi connectivity index (χ2n) is 5.87. The molecule has 5 nitrogen and oxygen atoms in total. The highest BCUT2D eigenvalue weighted by atomic mass is 16.1. The molecule has 0 atom stereocenters. The van der Waals surface area contributed by atoms with E-state index in [-0.39, 0.29) is 5.78 Å². The maximum absolute atomic E-state index is 11.5. The van der Waals surface area contributed by atoms with E-state index in [9.17, 15) is 4.79 Å². The predicted octanol–water partition coefficient (Wildman–Crippen LogP) is 4.34. The molecule has 0 bridgehead atoms. The van der Waals surface area contributed by atoms with Crippen molar-refractivity contribution in [1.82, 2.24) is 9.97 Å². The van der Waals surface area contributed by atoms with Crippen LogP contribution in [0.2, 0.25) is 0 Å². The molecular formula is C20H20N4O. The molecule has 3 rings (SSSR count). The van der Waals surface area contributed by atoms with Crippen molar-refractivity contribution in [1.29, 1.82) is 0 Å². The first-order valence-corrected chi connectivity index (χ1v) is 8.10. The van der Waals surface area contributed by atoms with Crippen LogP contribution in [0.15, 0.2) is 60.8 Å². The Labute approximate surface area is 147 Å². The van der Waals surface area contributed by atoms with Crippen LogP contribution in [0.5, 0.6) is 0 Å². The highest BCUT2D eigenvalue weighted by Crippen LogP contribution is 2.16. The fourth-order valence-corrected chi connectivity index (χ4v) is 2.48. The normalized spacial score (nSPS) is 10.3. The van der Waals surface area contributed by atoms with Gasteiger partial charge >= 0.3 is 0 Å². The molecule has 126 valence electrons. The van der Waals surface area contributed by atoms with Crippen LogP contribution in [0.3, 0.4) is 0 Å². The molecule has 0 aliphatic carbocycles. The van der Waals surface area contributed by atoms with Crippen LogP contribution in [-0.4, -0.2) is 15.8 Å². The molecule has 0 aliphatic rings. The van der Waals surface area contributed by atoms with Crippen LogP contribution >= 0.6 is 0 Å².